The molecule has 0 aliphatic heterocycles. The molecule has 0 heterocycles. The van der Waals surface area contributed by atoms with E-state index in [-0.39, 0.29) is 5.78 Å². The molecule has 3 nitrogen and oxygen atoms in total. The van der Waals surface area contributed by atoms with Gasteiger partial charge in [-0.3, -0.25) is 15.5 Å². The van der Waals surface area contributed by atoms with Crippen LogP contribution < -0.4 is 5.48 Å². The number of Topliss-reactive ketones (excluding diaryl/α,β-unsaturated/α-hetero) is 1. The molecule has 0 aromatic heterocycles. The van der Waals surface area contributed by atoms with Gasteiger partial charge in [-0.1, -0.05) is 41.9 Å². The summed E-state index contributed by atoms with van der Waals surface area (Å²) in [4.78, 5) is 11.8. The molecule has 0 aliphatic carbocycles. The zero-order valence-corrected chi connectivity index (χ0v) is 11.5. The van der Waals surface area contributed by atoms with Gasteiger partial charge in [-0.25, -0.2) is 0 Å². The van der Waals surface area contributed by atoms with Crippen molar-refractivity contribution >= 4 is 23.1 Å². The van der Waals surface area contributed by atoms with Gasteiger partial charge in [0.25, 0.3) is 0 Å². The monoisotopic (exact) mass is 275 g/mol. The van der Waals surface area contributed by atoms with E-state index < -0.39 is 0 Å². The van der Waals surface area contributed by atoms with Crippen molar-refractivity contribution in [3.8, 4) is 11.1 Å². The van der Waals surface area contributed by atoms with Crippen LogP contribution >= 0.6 is 11.6 Å². The third-order valence-electron chi connectivity index (χ3n) is 3.08. The number of carbonyl (C=O) groups is 1. The number of hydrogen-bond donors (Lipinski definition) is 2. The maximum atomic E-state index is 11.8. The molecule has 0 spiro atoms. The van der Waals surface area contributed by atoms with Crippen molar-refractivity contribution in [2.45, 2.75) is 13.8 Å². The number of nitrogens with one attached hydrogen (secondary N) is 1. The van der Waals surface area contributed by atoms with Crippen molar-refractivity contribution in [3.05, 3.63) is 52.5 Å². The molecule has 2 N–H and O–H groups in total. The van der Waals surface area contributed by atoms with E-state index in [0.717, 1.165) is 5.56 Å². The summed E-state index contributed by atoms with van der Waals surface area (Å²) in [6.07, 6.45) is 0. The van der Waals surface area contributed by atoms with E-state index in [1.807, 2.05) is 30.3 Å². The average molecular weight is 276 g/mol. The Bertz CT molecular complexity index is 624. The lowest BCUT2D eigenvalue weighted by atomic mass is 9.93. The minimum Gasteiger partial charge on any atom is -0.294 e. The summed E-state index contributed by atoms with van der Waals surface area (Å²) in [5, 5.41) is 9.82. The first-order valence-electron chi connectivity index (χ1n) is 5.85. The van der Waals surface area contributed by atoms with E-state index in [0.29, 0.717) is 27.4 Å². The van der Waals surface area contributed by atoms with Gasteiger partial charge in [-0.05, 0) is 31.0 Å². The third-order valence-corrected chi connectivity index (χ3v) is 3.47. The van der Waals surface area contributed by atoms with Crippen LogP contribution in [0.15, 0.2) is 36.4 Å². The van der Waals surface area contributed by atoms with Crippen molar-refractivity contribution < 1.29 is 10.0 Å². The lowest BCUT2D eigenvalue weighted by molar-refractivity contribution is 0.101. The summed E-state index contributed by atoms with van der Waals surface area (Å²) < 4.78 is 0. The van der Waals surface area contributed by atoms with E-state index >= 15 is 0 Å². The van der Waals surface area contributed by atoms with Gasteiger partial charge in [-0.15, -0.1) is 0 Å². The molecule has 0 bridgehead atoms. The Labute approximate surface area is 116 Å². The topological polar surface area (TPSA) is 49.3 Å². The molecular formula is C15H14ClNO2. The molecule has 2 rings (SSSR count). The van der Waals surface area contributed by atoms with Gasteiger partial charge in [0, 0.05) is 16.1 Å². The average Bonchev–Trinajstić information content (AvgIpc) is 2.41. The quantitative estimate of drug-likeness (QED) is 0.648. The number of ketones is 1. The van der Waals surface area contributed by atoms with E-state index in [1.165, 1.54) is 6.92 Å². The third kappa shape index (κ3) is 2.48. The Morgan fingerprint density at radius 3 is 2.42 bits per heavy atom. The van der Waals surface area contributed by atoms with Crippen LogP contribution in [0.1, 0.15) is 22.8 Å². The molecule has 0 fully saturated rings. The van der Waals surface area contributed by atoms with E-state index in [4.69, 9.17) is 11.6 Å². The number of carbonyl (C=O) groups excluding carboxylic acids is 1. The van der Waals surface area contributed by atoms with Crippen molar-refractivity contribution in [1.82, 2.24) is 0 Å². The fourth-order valence-corrected chi connectivity index (χ4v) is 2.27. The normalized spacial score (nSPS) is 10.3. The molecule has 0 unspecified atom stereocenters. The summed E-state index contributed by atoms with van der Waals surface area (Å²) in [6, 6.07) is 11.1. The molecule has 0 atom stereocenters. The van der Waals surface area contributed by atoms with Gasteiger partial charge in [0.15, 0.2) is 5.78 Å². The Hall–Kier alpha value is -1.84. The maximum Gasteiger partial charge on any atom is 0.160 e. The van der Waals surface area contributed by atoms with Crippen molar-refractivity contribution in [3.63, 3.8) is 0 Å². The SMILES string of the molecule is CC(=O)c1cc(Cl)c(C)c(NO)c1-c1ccccc1. The Kier molecular flexibility index (Phi) is 3.88. The Morgan fingerprint density at radius 1 is 1.26 bits per heavy atom. The van der Waals surface area contributed by atoms with Crippen LogP contribution in [0.25, 0.3) is 11.1 Å². The summed E-state index contributed by atoms with van der Waals surface area (Å²) in [5.74, 6) is -0.0998. The van der Waals surface area contributed by atoms with Crippen molar-refractivity contribution in [1.29, 1.82) is 0 Å². The Balaban J connectivity index is 2.83. The number of halogens is 1. The van der Waals surface area contributed by atoms with Crippen LogP contribution in [-0.4, -0.2) is 11.0 Å². The van der Waals surface area contributed by atoms with E-state index in [2.05, 4.69) is 5.48 Å². The molecule has 19 heavy (non-hydrogen) atoms. The standard InChI is InChI=1S/C15H14ClNO2/c1-9-13(16)8-12(10(2)18)14(15(9)17-19)11-6-4-3-5-7-11/h3-8,17,19H,1-2H3. The summed E-state index contributed by atoms with van der Waals surface area (Å²) in [7, 11) is 0. The predicted molar refractivity (Wildman–Crippen MR) is 77.0 cm³/mol. The first kappa shape index (κ1) is 13.6. The van der Waals surface area contributed by atoms with Crippen molar-refractivity contribution in [2.75, 3.05) is 5.48 Å². The molecule has 4 heteroatoms. The molecule has 0 radical (unpaired) electrons. The molecule has 0 saturated heterocycles. The molecule has 0 aliphatic rings. The van der Waals surface area contributed by atoms with Gasteiger partial charge in [0.1, 0.15) is 0 Å². The van der Waals surface area contributed by atoms with Gasteiger partial charge in [-0.2, -0.15) is 0 Å². The Morgan fingerprint density at radius 2 is 1.89 bits per heavy atom. The number of rotatable bonds is 3. The highest BCUT2D eigenvalue weighted by molar-refractivity contribution is 6.32. The highest BCUT2D eigenvalue weighted by Gasteiger charge is 2.18. The highest BCUT2D eigenvalue weighted by Crippen LogP contribution is 2.38. The predicted octanol–water partition coefficient (Wildman–Crippen LogP) is 4.32. The summed E-state index contributed by atoms with van der Waals surface area (Å²) in [6.45, 7) is 3.27. The largest absolute Gasteiger partial charge is 0.294 e. The van der Waals surface area contributed by atoms with E-state index in [9.17, 15) is 10.0 Å². The second kappa shape index (κ2) is 5.43. The molecular weight excluding hydrogens is 262 g/mol. The first-order chi connectivity index (χ1) is 9.06. The highest BCUT2D eigenvalue weighted by atomic mass is 35.5. The van der Waals surface area contributed by atoms with E-state index in [1.54, 1.807) is 13.0 Å². The first-order valence-corrected chi connectivity index (χ1v) is 6.23. The summed E-state index contributed by atoms with van der Waals surface area (Å²) in [5.41, 5.74) is 5.33. The zero-order chi connectivity index (χ0) is 14.0. The number of anilines is 1. The molecule has 0 amide bonds. The molecule has 2 aromatic carbocycles. The second-order valence-electron chi connectivity index (χ2n) is 4.31. The maximum absolute atomic E-state index is 11.8. The fraction of sp³-hybridized carbons (Fsp3) is 0.133. The molecule has 2 aromatic rings. The minimum absolute atomic E-state index is 0.0998. The van der Waals surface area contributed by atoms with Gasteiger partial charge in [0.05, 0.1) is 5.69 Å². The lowest BCUT2D eigenvalue weighted by Crippen LogP contribution is -2.04. The number of benzene rings is 2. The van der Waals surface area contributed by atoms with Crippen LogP contribution in [0.2, 0.25) is 5.02 Å². The van der Waals surface area contributed by atoms with Crippen LogP contribution in [-0.2, 0) is 0 Å². The van der Waals surface area contributed by atoms with Crippen LogP contribution in [0.4, 0.5) is 5.69 Å². The minimum atomic E-state index is -0.0998. The molecule has 0 saturated carbocycles. The smallest absolute Gasteiger partial charge is 0.160 e. The molecule has 98 valence electrons. The van der Waals surface area contributed by atoms with Gasteiger partial charge in [0.2, 0.25) is 0 Å². The van der Waals surface area contributed by atoms with Crippen LogP contribution in [0.3, 0.4) is 0 Å². The number of hydrogen-bond acceptors (Lipinski definition) is 3. The zero-order valence-electron chi connectivity index (χ0n) is 10.7. The second-order valence-corrected chi connectivity index (χ2v) is 4.72. The van der Waals surface area contributed by atoms with Gasteiger partial charge < -0.3 is 0 Å². The van der Waals surface area contributed by atoms with Crippen molar-refractivity contribution in [2.24, 2.45) is 0 Å². The van der Waals surface area contributed by atoms with Crippen LogP contribution in [0, 0.1) is 6.92 Å². The summed E-state index contributed by atoms with van der Waals surface area (Å²) >= 11 is 6.10. The van der Waals surface area contributed by atoms with Gasteiger partial charge >= 0.3 is 0 Å². The lowest BCUT2D eigenvalue weighted by Gasteiger charge is -2.16. The van der Waals surface area contributed by atoms with Crippen LogP contribution in [0.5, 0.6) is 0 Å². The fourth-order valence-electron chi connectivity index (χ4n) is 2.07.